The number of hydrogen-bond acceptors (Lipinski definition) is 4. The number of rotatable bonds is 3. The predicted octanol–water partition coefficient (Wildman–Crippen LogP) is 0.784. The number of nitrogens with one attached hydrogen (secondary N) is 2. The van der Waals surface area contributed by atoms with Crippen LogP contribution in [0.4, 0.5) is 5.69 Å². The lowest BCUT2D eigenvalue weighted by Gasteiger charge is -2.22. The van der Waals surface area contributed by atoms with E-state index in [1.807, 2.05) is 24.3 Å². The number of hydrogen-bond donors (Lipinski definition) is 3. The molecule has 0 aliphatic carbocycles. The Morgan fingerprint density at radius 1 is 1.28 bits per heavy atom. The summed E-state index contributed by atoms with van der Waals surface area (Å²) in [4.78, 5) is 22.5. The first kappa shape index (κ1) is 14.5. The quantitative estimate of drug-likeness (QED) is 0.708. The van der Waals surface area contributed by atoms with Gasteiger partial charge in [-0.15, -0.1) is 12.4 Å². The van der Waals surface area contributed by atoms with Crippen molar-refractivity contribution in [2.75, 3.05) is 5.32 Å². The number of nitrogens with two attached hydrogens (primary N) is 1. The summed E-state index contributed by atoms with van der Waals surface area (Å²) in [6.07, 6.45) is 0.910. The summed E-state index contributed by atoms with van der Waals surface area (Å²) in [7, 11) is 0. The van der Waals surface area contributed by atoms with Gasteiger partial charge in [-0.2, -0.15) is 0 Å². The number of halogens is 1. The largest absolute Gasteiger partial charge is 0.374 e. The molecule has 2 rings (SSSR count). The Kier molecular flexibility index (Phi) is 5.12. The fourth-order valence-corrected chi connectivity index (χ4v) is 1.77. The predicted molar refractivity (Wildman–Crippen MR) is 71.4 cm³/mol. The molecule has 1 aliphatic rings. The van der Waals surface area contributed by atoms with E-state index in [1.54, 1.807) is 0 Å². The maximum Gasteiger partial charge on any atom is 0.249 e. The van der Waals surface area contributed by atoms with Gasteiger partial charge < -0.3 is 11.1 Å². The molecule has 0 aromatic heterocycles. The van der Waals surface area contributed by atoms with Gasteiger partial charge in [0.15, 0.2) is 0 Å². The monoisotopic (exact) mass is 269 g/mol. The first-order valence-electron chi connectivity index (χ1n) is 5.58. The van der Waals surface area contributed by atoms with Crippen LogP contribution < -0.4 is 16.4 Å². The molecule has 1 aliphatic heterocycles. The van der Waals surface area contributed by atoms with E-state index in [-0.39, 0.29) is 30.3 Å². The second-order valence-corrected chi connectivity index (χ2v) is 4.05. The minimum Gasteiger partial charge on any atom is -0.374 e. The van der Waals surface area contributed by atoms with Crippen LogP contribution in [0, 0.1) is 0 Å². The number of benzene rings is 1. The van der Waals surface area contributed by atoms with Gasteiger partial charge in [-0.25, -0.2) is 0 Å². The molecule has 6 heteroatoms. The molecule has 0 saturated carbocycles. The maximum atomic E-state index is 11.5. The maximum absolute atomic E-state index is 11.5. The van der Waals surface area contributed by atoms with Gasteiger partial charge in [0.1, 0.15) is 6.04 Å². The van der Waals surface area contributed by atoms with Gasteiger partial charge in [0.05, 0.1) is 0 Å². The Labute approximate surface area is 112 Å². The van der Waals surface area contributed by atoms with Crippen LogP contribution in [0.25, 0.3) is 0 Å². The van der Waals surface area contributed by atoms with E-state index in [0.717, 1.165) is 11.3 Å². The van der Waals surface area contributed by atoms with Gasteiger partial charge in [0.25, 0.3) is 0 Å². The fourth-order valence-electron chi connectivity index (χ4n) is 1.77. The van der Waals surface area contributed by atoms with Crippen molar-refractivity contribution in [2.45, 2.75) is 25.4 Å². The zero-order valence-corrected chi connectivity index (χ0v) is 10.6. The molecule has 1 aromatic rings. The van der Waals surface area contributed by atoms with Gasteiger partial charge in [-0.05, 0) is 24.1 Å². The van der Waals surface area contributed by atoms with Crippen molar-refractivity contribution in [3.8, 4) is 0 Å². The minimum atomic E-state index is -0.337. The van der Waals surface area contributed by atoms with Crippen molar-refractivity contribution in [3.63, 3.8) is 0 Å². The highest BCUT2D eigenvalue weighted by atomic mass is 35.5. The smallest absolute Gasteiger partial charge is 0.249 e. The number of carbonyl (C=O) groups is 2. The number of carbonyl (C=O) groups excluding carboxylic acids is 2. The van der Waals surface area contributed by atoms with E-state index < -0.39 is 0 Å². The van der Waals surface area contributed by atoms with Crippen LogP contribution in [-0.4, -0.2) is 17.9 Å². The van der Waals surface area contributed by atoms with Gasteiger partial charge in [-0.1, -0.05) is 12.1 Å². The second kappa shape index (κ2) is 6.37. The summed E-state index contributed by atoms with van der Waals surface area (Å²) in [5.74, 6) is -0.462. The van der Waals surface area contributed by atoms with Crippen molar-refractivity contribution in [3.05, 3.63) is 29.8 Å². The molecule has 98 valence electrons. The Hall–Kier alpha value is -1.59. The minimum absolute atomic E-state index is 0. The molecular formula is C12H16ClN3O2. The third kappa shape index (κ3) is 3.45. The van der Waals surface area contributed by atoms with Crippen LogP contribution in [0.2, 0.25) is 0 Å². The third-order valence-electron chi connectivity index (χ3n) is 2.77. The van der Waals surface area contributed by atoms with Crippen LogP contribution >= 0.6 is 12.4 Å². The Morgan fingerprint density at radius 3 is 2.50 bits per heavy atom. The van der Waals surface area contributed by atoms with Gasteiger partial charge in [0, 0.05) is 18.7 Å². The van der Waals surface area contributed by atoms with Crippen molar-refractivity contribution in [1.29, 1.82) is 0 Å². The summed E-state index contributed by atoms with van der Waals surface area (Å²) in [6, 6.07) is 7.25. The molecule has 1 saturated heterocycles. The van der Waals surface area contributed by atoms with Crippen LogP contribution in [0.1, 0.15) is 18.4 Å². The summed E-state index contributed by atoms with van der Waals surface area (Å²) < 4.78 is 0. The lowest BCUT2D eigenvalue weighted by molar-refractivity contribution is -0.133. The van der Waals surface area contributed by atoms with Crippen molar-refractivity contribution < 1.29 is 9.59 Å². The van der Waals surface area contributed by atoms with Crippen molar-refractivity contribution in [2.24, 2.45) is 5.73 Å². The van der Waals surface area contributed by atoms with Gasteiger partial charge in [-0.3, -0.25) is 14.9 Å². The summed E-state index contributed by atoms with van der Waals surface area (Å²) in [5.41, 5.74) is 7.40. The Bertz CT molecular complexity index is 433. The molecule has 1 unspecified atom stereocenters. The van der Waals surface area contributed by atoms with Gasteiger partial charge >= 0.3 is 0 Å². The molecule has 0 radical (unpaired) electrons. The van der Waals surface area contributed by atoms with E-state index in [4.69, 9.17) is 5.73 Å². The highest BCUT2D eigenvalue weighted by Crippen LogP contribution is 2.14. The highest BCUT2D eigenvalue weighted by molar-refractivity contribution is 6.01. The number of imide groups is 1. The summed E-state index contributed by atoms with van der Waals surface area (Å²) >= 11 is 0. The van der Waals surface area contributed by atoms with E-state index in [1.165, 1.54) is 0 Å². The van der Waals surface area contributed by atoms with E-state index in [0.29, 0.717) is 19.4 Å². The second-order valence-electron chi connectivity index (χ2n) is 4.05. The van der Waals surface area contributed by atoms with Crippen LogP contribution in [0.15, 0.2) is 24.3 Å². The molecule has 0 spiro atoms. The molecule has 1 atom stereocenters. The van der Waals surface area contributed by atoms with Crippen molar-refractivity contribution in [1.82, 2.24) is 5.32 Å². The third-order valence-corrected chi connectivity index (χ3v) is 2.77. The molecule has 4 N–H and O–H groups in total. The topological polar surface area (TPSA) is 84.2 Å². The average Bonchev–Trinajstić information content (AvgIpc) is 2.34. The number of piperidine rings is 1. The summed E-state index contributed by atoms with van der Waals surface area (Å²) in [6.45, 7) is 0.499. The lowest BCUT2D eigenvalue weighted by atomic mass is 10.1. The molecule has 18 heavy (non-hydrogen) atoms. The molecule has 2 amide bonds. The zero-order valence-electron chi connectivity index (χ0n) is 9.81. The number of anilines is 1. The van der Waals surface area contributed by atoms with Crippen LogP contribution in [0.5, 0.6) is 0 Å². The fraction of sp³-hybridized carbons (Fsp3) is 0.333. The SMILES string of the molecule is Cl.NCc1ccc(NC2CCC(=O)NC2=O)cc1. The molecule has 1 fully saturated rings. The van der Waals surface area contributed by atoms with Crippen molar-refractivity contribution >= 4 is 29.9 Å². The number of amides is 2. The molecular weight excluding hydrogens is 254 g/mol. The van der Waals surface area contributed by atoms with Crippen LogP contribution in [-0.2, 0) is 16.1 Å². The first-order valence-corrected chi connectivity index (χ1v) is 5.58. The van der Waals surface area contributed by atoms with E-state index in [9.17, 15) is 9.59 Å². The highest BCUT2D eigenvalue weighted by Gasteiger charge is 2.26. The lowest BCUT2D eigenvalue weighted by Crippen LogP contribution is -2.47. The molecule has 0 bridgehead atoms. The Balaban J connectivity index is 0.00000162. The molecule has 5 nitrogen and oxygen atoms in total. The normalized spacial score (nSPS) is 18.8. The molecule has 1 heterocycles. The molecule has 1 aromatic carbocycles. The average molecular weight is 270 g/mol. The van der Waals surface area contributed by atoms with E-state index in [2.05, 4.69) is 10.6 Å². The van der Waals surface area contributed by atoms with Crippen LogP contribution in [0.3, 0.4) is 0 Å². The van der Waals surface area contributed by atoms with Gasteiger partial charge in [0.2, 0.25) is 11.8 Å². The Morgan fingerprint density at radius 2 is 1.94 bits per heavy atom. The first-order chi connectivity index (χ1) is 8.19. The standard InChI is InChI=1S/C12H15N3O2.ClH/c13-7-8-1-3-9(4-2-8)14-10-5-6-11(16)15-12(10)17;/h1-4,10,14H,5-7,13H2,(H,15,16,17);1H. The summed E-state index contributed by atoms with van der Waals surface area (Å²) in [5, 5.41) is 5.41. The zero-order chi connectivity index (χ0) is 12.3. The van der Waals surface area contributed by atoms with E-state index >= 15 is 0 Å².